The minimum Gasteiger partial charge on any atom is -0.508 e. The van der Waals surface area contributed by atoms with Crippen molar-refractivity contribution in [2.24, 2.45) is 0 Å². The number of nitrogen functional groups attached to an aromatic ring is 1. The summed E-state index contributed by atoms with van der Waals surface area (Å²) in [6.45, 7) is 1.82. The van der Waals surface area contributed by atoms with Gasteiger partial charge in [0, 0.05) is 17.4 Å². The van der Waals surface area contributed by atoms with Gasteiger partial charge in [-0.05, 0) is 49.1 Å². The molecule has 0 unspecified atom stereocenters. The number of hydrogen-bond acceptors (Lipinski definition) is 3. The summed E-state index contributed by atoms with van der Waals surface area (Å²) < 4.78 is 0. The predicted molar refractivity (Wildman–Crippen MR) is 83.2 cm³/mol. The largest absolute Gasteiger partial charge is 0.508 e. The first-order chi connectivity index (χ1) is 10.0. The minimum atomic E-state index is -0.450. The summed E-state index contributed by atoms with van der Waals surface area (Å²) in [5.41, 5.74) is 8.33. The normalized spacial score (nSPS) is 15.5. The van der Waals surface area contributed by atoms with Gasteiger partial charge < -0.3 is 16.2 Å². The summed E-state index contributed by atoms with van der Waals surface area (Å²) in [6.07, 6.45) is 1.67. The van der Waals surface area contributed by atoms with E-state index in [0.717, 1.165) is 24.0 Å². The molecule has 4 N–H and O–H groups in total. The number of nitrogens with two attached hydrogens (primary N) is 1. The van der Waals surface area contributed by atoms with Crippen LogP contribution < -0.4 is 11.1 Å². The summed E-state index contributed by atoms with van der Waals surface area (Å²) in [4.78, 5) is 12.6. The van der Waals surface area contributed by atoms with Crippen molar-refractivity contribution in [3.8, 4) is 5.75 Å². The van der Waals surface area contributed by atoms with Gasteiger partial charge in [-0.2, -0.15) is 0 Å². The number of carbonyl (C=O) groups excluding carboxylic acids is 1. The number of amides is 1. The van der Waals surface area contributed by atoms with Crippen LogP contribution in [0.25, 0.3) is 0 Å². The predicted octanol–water partition coefficient (Wildman–Crippen LogP) is 2.95. The van der Waals surface area contributed by atoms with Gasteiger partial charge in [0.25, 0.3) is 0 Å². The van der Waals surface area contributed by atoms with E-state index >= 15 is 0 Å². The van der Waals surface area contributed by atoms with Crippen molar-refractivity contribution in [3.05, 3.63) is 53.6 Å². The van der Waals surface area contributed by atoms with Crippen LogP contribution in [0.15, 0.2) is 42.5 Å². The van der Waals surface area contributed by atoms with Crippen LogP contribution in [-0.2, 0) is 10.2 Å². The van der Waals surface area contributed by atoms with Gasteiger partial charge in [0.05, 0.1) is 5.41 Å². The molecule has 1 amide bonds. The van der Waals surface area contributed by atoms with Gasteiger partial charge in [0.1, 0.15) is 5.75 Å². The van der Waals surface area contributed by atoms with Crippen LogP contribution in [0.1, 0.15) is 24.0 Å². The lowest BCUT2D eigenvalue weighted by molar-refractivity contribution is -0.118. The maximum Gasteiger partial charge on any atom is 0.235 e. The lowest BCUT2D eigenvalue weighted by atomic mass is 9.94. The zero-order valence-corrected chi connectivity index (χ0v) is 11.9. The van der Waals surface area contributed by atoms with Crippen molar-refractivity contribution >= 4 is 17.3 Å². The number of aryl methyl sites for hydroxylation is 1. The fraction of sp³-hybridized carbons (Fsp3) is 0.235. The Balaban J connectivity index is 1.81. The average molecular weight is 282 g/mol. The number of rotatable bonds is 3. The fourth-order valence-electron chi connectivity index (χ4n) is 2.51. The van der Waals surface area contributed by atoms with Crippen molar-refractivity contribution < 1.29 is 9.90 Å². The lowest BCUT2D eigenvalue weighted by Crippen LogP contribution is -2.27. The van der Waals surface area contributed by atoms with Crippen molar-refractivity contribution in [3.63, 3.8) is 0 Å². The smallest absolute Gasteiger partial charge is 0.235 e. The molecule has 0 spiro atoms. The van der Waals surface area contributed by atoms with E-state index in [0.29, 0.717) is 11.4 Å². The van der Waals surface area contributed by atoms with Gasteiger partial charge in [-0.15, -0.1) is 0 Å². The van der Waals surface area contributed by atoms with Gasteiger partial charge in [-0.25, -0.2) is 0 Å². The molecular weight excluding hydrogens is 264 g/mol. The summed E-state index contributed by atoms with van der Waals surface area (Å²) in [5, 5.41) is 12.6. The Bertz CT molecular complexity index is 688. The number of phenols is 1. The highest BCUT2D eigenvalue weighted by Crippen LogP contribution is 2.49. The SMILES string of the molecule is Cc1ccc(NC(=O)C2(c3ccc(N)cc3)CC2)cc1O. The number of benzene rings is 2. The van der Waals surface area contributed by atoms with Gasteiger partial charge in [-0.3, -0.25) is 4.79 Å². The number of nitrogens with one attached hydrogen (secondary N) is 1. The molecule has 0 atom stereocenters. The Morgan fingerprint density at radius 2 is 1.86 bits per heavy atom. The summed E-state index contributed by atoms with van der Waals surface area (Å²) in [7, 11) is 0. The molecule has 0 aromatic heterocycles. The first kappa shape index (κ1) is 13.5. The lowest BCUT2D eigenvalue weighted by Gasteiger charge is -2.16. The third kappa shape index (κ3) is 2.44. The Morgan fingerprint density at radius 3 is 2.43 bits per heavy atom. The third-order valence-electron chi connectivity index (χ3n) is 4.11. The van der Waals surface area contributed by atoms with Crippen LogP contribution in [0, 0.1) is 6.92 Å². The van der Waals surface area contributed by atoms with E-state index in [-0.39, 0.29) is 11.7 Å². The molecular formula is C17H18N2O2. The maximum atomic E-state index is 12.6. The van der Waals surface area contributed by atoms with Crippen LogP contribution in [0.5, 0.6) is 5.75 Å². The molecule has 4 nitrogen and oxygen atoms in total. The number of aromatic hydroxyl groups is 1. The van der Waals surface area contributed by atoms with E-state index in [1.807, 2.05) is 31.2 Å². The second kappa shape index (κ2) is 4.81. The van der Waals surface area contributed by atoms with E-state index < -0.39 is 5.41 Å². The molecule has 4 heteroatoms. The molecule has 1 aliphatic carbocycles. The zero-order valence-electron chi connectivity index (χ0n) is 11.9. The molecule has 1 saturated carbocycles. The number of anilines is 2. The molecule has 0 aliphatic heterocycles. The van der Waals surface area contributed by atoms with Crippen LogP contribution in [0.4, 0.5) is 11.4 Å². The summed E-state index contributed by atoms with van der Waals surface area (Å²) in [6, 6.07) is 12.6. The first-order valence-corrected chi connectivity index (χ1v) is 6.98. The number of carbonyl (C=O) groups is 1. The minimum absolute atomic E-state index is 0.0319. The highest BCUT2D eigenvalue weighted by Gasteiger charge is 2.51. The van der Waals surface area contributed by atoms with Gasteiger partial charge in [-0.1, -0.05) is 18.2 Å². The van der Waals surface area contributed by atoms with Gasteiger partial charge in [0.15, 0.2) is 0 Å². The maximum absolute atomic E-state index is 12.6. The standard InChI is InChI=1S/C17H18N2O2/c1-11-2-7-14(10-15(11)20)19-16(21)17(8-9-17)12-3-5-13(18)6-4-12/h2-7,10,20H,8-9,18H2,1H3,(H,19,21). The number of hydrogen-bond donors (Lipinski definition) is 3. The fourth-order valence-corrected chi connectivity index (χ4v) is 2.51. The average Bonchev–Trinajstić information content (AvgIpc) is 3.25. The molecule has 1 fully saturated rings. The van der Waals surface area contributed by atoms with Crippen LogP contribution >= 0.6 is 0 Å². The van der Waals surface area contributed by atoms with Crippen molar-refractivity contribution in [1.82, 2.24) is 0 Å². The second-order valence-electron chi connectivity index (χ2n) is 5.66. The van der Waals surface area contributed by atoms with Gasteiger partial charge >= 0.3 is 0 Å². The molecule has 0 radical (unpaired) electrons. The molecule has 0 heterocycles. The van der Waals surface area contributed by atoms with E-state index in [1.165, 1.54) is 0 Å². The quantitative estimate of drug-likeness (QED) is 0.758. The molecule has 0 bridgehead atoms. The second-order valence-corrected chi connectivity index (χ2v) is 5.66. The molecule has 21 heavy (non-hydrogen) atoms. The van der Waals surface area contributed by atoms with E-state index in [4.69, 9.17) is 5.73 Å². The Kier molecular flexibility index (Phi) is 3.09. The Labute approximate surface area is 123 Å². The van der Waals surface area contributed by atoms with E-state index in [9.17, 15) is 9.90 Å². The summed E-state index contributed by atoms with van der Waals surface area (Å²) in [5.74, 6) is 0.153. The zero-order chi connectivity index (χ0) is 15.0. The van der Waals surface area contributed by atoms with Gasteiger partial charge in [0.2, 0.25) is 5.91 Å². The van der Waals surface area contributed by atoms with Crippen molar-refractivity contribution in [2.75, 3.05) is 11.1 Å². The highest BCUT2D eigenvalue weighted by molar-refractivity contribution is 6.01. The third-order valence-corrected chi connectivity index (χ3v) is 4.11. The molecule has 0 saturated heterocycles. The molecule has 3 rings (SSSR count). The molecule has 2 aromatic rings. The van der Waals surface area contributed by atoms with Crippen LogP contribution in [0.3, 0.4) is 0 Å². The van der Waals surface area contributed by atoms with Crippen LogP contribution in [-0.4, -0.2) is 11.0 Å². The highest BCUT2D eigenvalue weighted by atomic mass is 16.3. The number of phenolic OH excluding ortho intramolecular Hbond substituents is 1. The van der Waals surface area contributed by atoms with E-state index in [1.54, 1.807) is 18.2 Å². The first-order valence-electron chi connectivity index (χ1n) is 6.98. The van der Waals surface area contributed by atoms with E-state index in [2.05, 4.69) is 5.32 Å². The van der Waals surface area contributed by atoms with Crippen molar-refractivity contribution in [2.45, 2.75) is 25.2 Å². The Hall–Kier alpha value is -2.49. The van der Waals surface area contributed by atoms with Crippen LogP contribution in [0.2, 0.25) is 0 Å². The topological polar surface area (TPSA) is 75.4 Å². The molecule has 2 aromatic carbocycles. The Morgan fingerprint density at radius 1 is 1.19 bits per heavy atom. The monoisotopic (exact) mass is 282 g/mol. The van der Waals surface area contributed by atoms with Crippen molar-refractivity contribution in [1.29, 1.82) is 0 Å². The summed E-state index contributed by atoms with van der Waals surface area (Å²) >= 11 is 0. The molecule has 108 valence electrons. The molecule has 1 aliphatic rings.